The predicted octanol–water partition coefficient (Wildman–Crippen LogP) is 4.62. The van der Waals surface area contributed by atoms with E-state index in [1.165, 1.54) is 0 Å². The second-order valence-corrected chi connectivity index (χ2v) is 9.96. The van der Waals surface area contributed by atoms with Gasteiger partial charge >= 0.3 is 0 Å². The molecular formula is C27H28N2O5S. The van der Waals surface area contributed by atoms with Gasteiger partial charge in [-0.3, -0.25) is 9.69 Å². The zero-order chi connectivity index (χ0) is 24.4. The number of fused-ring (bicyclic) bond motifs is 1. The minimum absolute atomic E-state index is 0.214. The number of thiophene rings is 1. The van der Waals surface area contributed by atoms with E-state index in [9.17, 15) is 15.0 Å². The van der Waals surface area contributed by atoms with Gasteiger partial charge in [0, 0.05) is 41.5 Å². The molecule has 5 rings (SSSR count). The average molecular weight is 493 g/mol. The number of amides is 1. The zero-order valence-corrected chi connectivity index (χ0v) is 20.3. The molecule has 1 amide bonds. The summed E-state index contributed by atoms with van der Waals surface area (Å²) >= 11 is 1.59. The van der Waals surface area contributed by atoms with Crippen LogP contribution in [0.2, 0.25) is 0 Å². The van der Waals surface area contributed by atoms with Gasteiger partial charge in [-0.05, 0) is 54.1 Å². The molecule has 7 nitrogen and oxygen atoms in total. The van der Waals surface area contributed by atoms with Crippen molar-refractivity contribution in [3.8, 4) is 11.5 Å². The van der Waals surface area contributed by atoms with Gasteiger partial charge in [0.25, 0.3) is 5.91 Å². The molecule has 0 atom stereocenters. The number of nitrogens with one attached hydrogen (secondary N) is 1. The predicted molar refractivity (Wildman–Crippen MR) is 135 cm³/mol. The van der Waals surface area contributed by atoms with Gasteiger partial charge in [0.05, 0.1) is 19.3 Å². The second-order valence-electron chi connectivity index (χ2n) is 8.93. The Hall–Kier alpha value is -3.33. The molecule has 1 saturated heterocycles. The van der Waals surface area contributed by atoms with Crippen LogP contribution in [-0.4, -0.2) is 41.2 Å². The maximum atomic E-state index is 12.5. The van der Waals surface area contributed by atoms with Crippen LogP contribution in [0.3, 0.4) is 0 Å². The highest BCUT2D eigenvalue weighted by Gasteiger charge is 2.34. The fourth-order valence-electron chi connectivity index (χ4n) is 4.53. The van der Waals surface area contributed by atoms with Crippen molar-refractivity contribution in [1.29, 1.82) is 0 Å². The van der Waals surface area contributed by atoms with E-state index in [-0.39, 0.29) is 17.4 Å². The number of aliphatic hydroxyl groups is 1. The number of rotatable bonds is 7. The van der Waals surface area contributed by atoms with E-state index in [2.05, 4.69) is 10.2 Å². The molecule has 0 spiro atoms. The number of carbonyl (C=O) groups is 1. The van der Waals surface area contributed by atoms with Gasteiger partial charge in [-0.2, -0.15) is 0 Å². The first-order chi connectivity index (χ1) is 16.9. The Morgan fingerprint density at radius 1 is 1.17 bits per heavy atom. The summed E-state index contributed by atoms with van der Waals surface area (Å²) < 4.78 is 10.9. The molecule has 1 fully saturated rings. The number of hydrogen-bond acceptors (Lipinski definition) is 7. The average Bonchev–Trinajstić information content (AvgIpc) is 3.54. The van der Waals surface area contributed by atoms with Crippen molar-refractivity contribution in [2.75, 3.05) is 20.2 Å². The number of nitrogens with zero attached hydrogens (tertiary/aromatic N) is 1. The van der Waals surface area contributed by atoms with Crippen LogP contribution in [0.5, 0.6) is 11.5 Å². The number of phenols is 1. The molecule has 0 unspecified atom stereocenters. The summed E-state index contributed by atoms with van der Waals surface area (Å²) in [6, 6.07) is 16.6. The maximum Gasteiger partial charge on any atom is 0.287 e. The molecule has 182 valence electrons. The Balaban J connectivity index is 1.24. The summed E-state index contributed by atoms with van der Waals surface area (Å²) in [7, 11) is 1.57. The summed E-state index contributed by atoms with van der Waals surface area (Å²) in [5.74, 6) is 0.836. The number of ether oxygens (including phenoxy) is 1. The summed E-state index contributed by atoms with van der Waals surface area (Å²) in [5, 5.41) is 27.3. The molecule has 1 aliphatic heterocycles. The topological polar surface area (TPSA) is 95.2 Å². The number of benzene rings is 2. The summed E-state index contributed by atoms with van der Waals surface area (Å²) in [4.78, 5) is 15.8. The van der Waals surface area contributed by atoms with Crippen LogP contribution in [-0.2, 0) is 18.7 Å². The van der Waals surface area contributed by atoms with E-state index in [0.717, 1.165) is 21.4 Å². The Kier molecular flexibility index (Phi) is 6.51. The molecule has 0 aliphatic carbocycles. The number of methoxy groups -OCH3 is 1. The Bertz CT molecular complexity index is 1320. The van der Waals surface area contributed by atoms with Crippen LogP contribution in [0.25, 0.3) is 11.0 Å². The first-order valence-corrected chi connectivity index (χ1v) is 12.5. The van der Waals surface area contributed by atoms with Crippen molar-refractivity contribution in [2.24, 2.45) is 0 Å². The number of aromatic hydroxyl groups is 1. The first kappa shape index (κ1) is 23.4. The fourth-order valence-corrected chi connectivity index (χ4v) is 5.17. The molecule has 0 bridgehead atoms. The van der Waals surface area contributed by atoms with Crippen LogP contribution >= 0.6 is 11.3 Å². The van der Waals surface area contributed by atoms with Gasteiger partial charge in [-0.25, -0.2) is 0 Å². The van der Waals surface area contributed by atoms with Gasteiger partial charge in [-0.15, -0.1) is 11.3 Å². The number of phenolic OH excluding ortho intramolecular Hbond substituents is 1. The van der Waals surface area contributed by atoms with Gasteiger partial charge in [-0.1, -0.05) is 18.2 Å². The molecule has 0 saturated carbocycles. The third-order valence-electron chi connectivity index (χ3n) is 6.65. The van der Waals surface area contributed by atoms with Crippen molar-refractivity contribution in [1.82, 2.24) is 10.2 Å². The largest absolute Gasteiger partial charge is 0.507 e. The number of piperidine rings is 1. The molecule has 3 N–H and O–H groups in total. The lowest BCUT2D eigenvalue weighted by Crippen LogP contribution is -2.42. The summed E-state index contributed by atoms with van der Waals surface area (Å²) in [6.45, 7) is 2.46. The molecule has 0 radical (unpaired) electrons. The van der Waals surface area contributed by atoms with Crippen LogP contribution < -0.4 is 10.1 Å². The lowest BCUT2D eigenvalue weighted by Gasteiger charge is -2.38. The van der Waals surface area contributed by atoms with E-state index in [1.807, 2.05) is 47.8 Å². The van der Waals surface area contributed by atoms with E-state index >= 15 is 0 Å². The van der Waals surface area contributed by atoms with E-state index < -0.39 is 5.60 Å². The highest BCUT2D eigenvalue weighted by Crippen LogP contribution is 2.36. The van der Waals surface area contributed by atoms with E-state index in [0.29, 0.717) is 50.4 Å². The Morgan fingerprint density at radius 3 is 2.71 bits per heavy atom. The molecule has 2 aromatic carbocycles. The zero-order valence-electron chi connectivity index (χ0n) is 19.5. The highest BCUT2D eigenvalue weighted by atomic mass is 32.1. The monoisotopic (exact) mass is 492 g/mol. The van der Waals surface area contributed by atoms with Crippen LogP contribution in [0.4, 0.5) is 0 Å². The molecule has 1 aliphatic rings. The van der Waals surface area contributed by atoms with Crippen molar-refractivity contribution in [3.05, 3.63) is 81.7 Å². The SMILES string of the molecule is COc1ccc(CN2CCC(O)(c3ccc4oc(C(=O)NCc5cccs5)cc4c3)CC2)c(O)c1. The fraction of sp³-hybridized carbons (Fsp3) is 0.296. The normalized spacial score (nSPS) is 15.8. The molecule has 35 heavy (non-hydrogen) atoms. The molecule has 4 aromatic rings. The molecular weight excluding hydrogens is 464 g/mol. The number of likely N-dealkylation sites (tertiary alicyclic amines) is 1. The van der Waals surface area contributed by atoms with Crippen molar-refractivity contribution >= 4 is 28.2 Å². The highest BCUT2D eigenvalue weighted by molar-refractivity contribution is 7.09. The smallest absolute Gasteiger partial charge is 0.287 e. The molecule has 8 heteroatoms. The van der Waals surface area contributed by atoms with Gasteiger partial charge in [0.15, 0.2) is 5.76 Å². The molecule has 2 aromatic heterocycles. The van der Waals surface area contributed by atoms with Crippen molar-refractivity contribution in [3.63, 3.8) is 0 Å². The molecule has 3 heterocycles. The van der Waals surface area contributed by atoms with Crippen LogP contribution in [0, 0.1) is 0 Å². The standard InChI is InChI=1S/C27H28N2O5S/c1-33-21-6-4-18(23(30)15-21)17-29-10-8-27(32,9-11-29)20-5-7-24-19(13-20)14-25(34-24)26(31)28-16-22-3-2-12-35-22/h2-7,12-15,30,32H,8-11,16-17H2,1H3,(H,28,31). The lowest BCUT2D eigenvalue weighted by atomic mass is 9.84. The lowest BCUT2D eigenvalue weighted by molar-refractivity contribution is -0.0277. The Labute approximate surface area is 207 Å². The Morgan fingerprint density at radius 2 is 2.00 bits per heavy atom. The van der Waals surface area contributed by atoms with E-state index in [4.69, 9.17) is 9.15 Å². The second kappa shape index (κ2) is 9.73. The van der Waals surface area contributed by atoms with Gasteiger partial charge < -0.3 is 24.7 Å². The summed E-state index contributed by atoms with van der Waals surface area (Å²) in [5.41, 5.74) is 1.32. The summed E-state index contributed by atoms with van der Waals surface area (Å²) in [6.07, 6.45) is 1.14. The number of furan rings is 1. The maximum absolute atomic E-state index is 12.5. The third-order valence-corrected chi connectivity index (χ3v) is 7.53. The number of carbonyl (C=O) groups excluding carboxylic acids is 1. The first-order valence-electron chi connectivity index (χ1n) is 11.6. The van der Waals surface area contributed by atoms with Crippen molar-refractivity contribution < 1.29 is 24.2 Å². The van der Waals surface area contributed by atoms with Gasteiger partial charge in [0.1, 0.15) is 17.1 Å². The van der Waals surface area contributed by atoms with Crippen LogP contribution in [0.15, 0.2) is 64.4 Å². The van der Waals surface area contributed by atoms with Crippen LogP contribution in [0.1, 0.15) is 39.4 Å². The van der Waals surface area contributed by atoms with Crippen molar-refractivity contribution in [2.45, 2.75) is 31.5 Å². The van der Waals surface area contributed by atoms with Gasteiger partial charge in [0.2, 0.25) is 0 Å². The quantitative estimate of drug-likeness (QED) is 0.348. The minimum Gasteiger partial charge on any atom is -0.507 e. The number of hydrogen-bond donors (Lipinski definition) is 3. The third kappa shape index (κ3) is 5.05. The minimum atomic E-state index is -0.953. The van der Waals surface area contributed by atoms with E-state index in [1.54, 1.807) is 30.6 Å².